The minimum absolute atomic E-state index is 0.0765. The van der Waals surface area contributed by atoms with Gasteiger partial charge < -0.3 is 19.5 Å². The molecule has 0 aliphatic carbocycles. The molecule has 0 radical (unpaired) electrons. The molecular formula is C16H25NO3. The molecule has 4 heteroatoms. The SMILES string of the molecule is COCC(C)(C)NCc1cc2c(cc1OC)CC(C)O2. The van der Waals surface area contributed by atoms with E-state index in [2.05, 4.69) is 38.2 Å². The Kier molecular flexibility index (Phi) is 4.55. The number of nitrogens with one attached hydrogen (secondary N) is 1. The second-order valence-corrected chi connectivity index (χ2v) is 6.07. The number of methoxy groups -OCH3 is 2. The Morgan fingerprint density at radius 3 is 2.75 bits per heavy atom. The first kappa shape index (κ1) is 15.1. The van der Waals surface area contributed by atoms with E-state index < -0.39 is 0 Å². The van der Waals surface area contributed by atoms with E-state index in [0.29, 0.717) is 6.61 Å². The van der Waals surface area contributed by atoms with Crippen molar-refractivity contribution in [3.63, 3.8) is 0 Å². The van der Waals surface area contributed by atoms with Crippen molar-refractivity contribution >= 4 is 0 Å². The lowest BCUT2D eigenvalue weighted by atomic mass is 10.0. The van der Waals surface area contributed by atoms with Crippen molar-refractivity contribution in [3.8, 4) is 11.5 Å². The second-order valence-electron chi connectivity index (χ2n) is 6.07. The Bertz CT molecular complexity index is 471. The van der Waals surface area contributed by atoms with Crippen molar-refractivity contribution in [2.75, 3.05) is 20.8 Å². The number of hydrogen-bond donors (Lipinski definition) is 1. The van der Waals surface area contributed by atoms with E-state index in [9.17, 15) is 0 Å². The fourth-order valence-electron chi connectivity index (χ4n) is 2.56. The summed E-state index contributed by atoms with van der Waals surface area (Å²) in [6.07, 6.45) is 1.21. The van der Waals surface area contributed by atoms with Crippen LogP contribution in [0.15, 0.2) is 12.1 Å². The van der Waals surface area contributed by atoms with Crippen LogP contribution in [-0.4, -0.2) is 32.5 Å². The van der Waals surface area contributed by atoms with Crippen LogP contribution in [0.3, 0.4) is 0 Å². The second kappa shape index (κ2) is 6.02. The lowest BCUT2D eigenvalue weighted by Crippen LogP contribution is -2.42. The van der Waals surface area contributed by atoms with Crippen LogP contribution in [0.2, 0.25) is 0 Å². The molecule has 1 heterocycles. The third-order valence-electron chi connectivity index (χ3n) is 3.56. The molecule has 1 aliphatic heterocycles. The summed E-state index contributed by atoms with van der Waals surface area (Å²) in [6.45, 7) is 7.72. The lowest BCUT2D eigenvalue weighted by Gasteiger charge is -2.26. The summed E-state index contributed by atoms with van der Waals surface area (Å²) in [4.78, 5) is 0. The minimum atomic E-state index is -0.0765. The van der Waals surface area contributed by atoms with Crippen LogP contribution >= 0.6 is 0 Å². The third-order valence-corrected chi connectivity index (χ3v) is 3.56. The minimum Gasteiger partial charge on any atom is -0.496 e. The highest BCUT2D eigenvalue weighted by molar-refractivity contribution is 5.48. The first-order chi connectivity index (χ1) is 9.45. The molecule has 1 unspecified atom stereocenters. The zero-order valence-electron chi connectivity index (χ0n) is 13.1. The van der Waals surface area contributed by atoms with Crippen LogP contribution in [0.1, 0.15) is 31.9 Å². The zero-order valence-corrected chi connectivity index (χ0v) is 13.1. The Hall–Kier alpha value is -1.26. The van der Waals surface area contributed by atoms with Gasteiger partial charge in [0.2, 0.25) is 0 Å². The Morgan fingerprint density at radius 2 is 2.10 bits per heavy atom. The van der Waals surface area contributed by atoms with Crippen molar-refractivity contribution < 1.29 is 14.2 Å². The summed E-state index contributed by atoms with van der Waals surface area (Å²) < 4.78 is 16.5. The number of benzene rings is 1. The van der Waals surface area contributed by atoms with Crippen molar-refractivity contribution in [3.05, 3.63) is 23.3 Å². The van der Waals surface area contributed by atoms with Gasteiger partial charge in [-0.1, -0.05) is 0 Å². The van der Waals surface area contributed by atoms with Gasteiger partial charge in [0.1, 0.15) is 17.6 Å². The molecule has 20 heavy (non-hydrogen) atoms. The smallest absolute Gasteiger partial charge is 0.123 e. The molecule has 1 N–H and O–H groups in total. The van der Waals surface area contributed by atoms with Gasteiger partial charge in [-0.15, -0.1) is 0 Å². The highest BCUT2D eigenvalue weighted by Gasteiger charge is 2.23. The molecule has 0 spiro atoms. The topological polar surface area (TPSA) is 39.7 Å². The molecule has 0 bridgehead atoms. The molecule has 0 saturated heterocycles. The predicted molar refractivity (Wildman–Crippen MR) is 79.6 cm³/mol. The van der Waals surface area contributed by atoms with Gasteiger partial charge in [-0.25, -0.2) is 0 Å². The number of fused-ring (bicyclic) bond motifs is 1. The van der Waals surface area contributed by atoms with Crippen LogP contribution in [0.25, 0.3) is 0 Å². The van der Waals surface area contributed by atoms with E-state index in [0.717, 1.165) is 30.0 Å². The number of rotatable bonds is 6. The van der Waals surface area contributed by atoms with Gasteiger partial charge >= 0.3 is 0 Å². The monoisotopic (exact) mass is 279 g/mol. The van der Waals surface area contributed by atoms with Gasteiger partial charge in [0, 0.05) is 36.7 Å². The van der Waals surface area contributed by atoms with Gasteiger partial charge in [-0.05, 0) is 32.9 Å². The Morgan fingerprint density at radius 1 is 1.35 bits per heavy atom. The standard InChI is InChI=1S/C16H25NO3/c1-11-6-12-7-14(19-5)13(8-15(12)20-11)9-17-16(2,3)10-18-4/h7-8,11,17H,6,9-10H2,1-5H3. The summed E-state index contributed by atoms with van der Waals surface area (Å²) >= 11 is 0. The molecule has 4 nitrogen and oxygen atoms in total. The van der Waals surface area contributed by atoms with Crippen LogP contribution < -0.4 is 14.8 Å². The Labute approximate surface area is 121 Å². The van der Waals surface area contributed by atoms with E-state index in [-0.39, 0.29) is 11.6 Å². The lowest BCUT2D eigenvalue weighted by molar-refractivity contribution is 0.127. The summed E-state index contributed by atoms with van der Waals surface area (Å²) in [7, 11) is 3.43. The molecule has 2 rings (SSSR count). The molecule has 0 saturated carbocycles. The fraction of sp³-hybridized carbons (Fsp3) is 0.625. The molecule has 0 amide bonds. The quantitative estimate of drug-likeness (QED) is 0.868. The predicted octanol–water partition coefficient (Wildman–Crippen LogP) is 2.53. The number of hydrogen-bond acceptors (Lipinski definition) is 4. The maximum atomic E-state index is 5.82. The molecule has 1 aromatic carbocycles. The number of ether oxygens (including phenoxy) is 3. The van der Waals surface area contributed by atoms with Crippen molar-refractivity contribution in [1.29, 1.82) is 0 Å². The largest absolute Gasteiger partial charge is 0.496 e. The van der Waals surface area contributed by atoms with E-state index >= 15 is 0 Å². The highest BCUT2D eigenvalue weighted by Crippen LogP contribution is 2.35. The maximum absolute atomic E-state index is 5.82. The first-order valence-corrected chi connectivity index (χ1v) is 7.05. The summed E-state index contributed by atoms with van der Waals surface area (Å²) in [5.41, 5.74) is 2.27. The molecule has 1 aliphatic rings. The van der Waals surface area contributed by atoms with Crippen LogP contribution in [0, 0.1) is 0 Å². The molecule has 0 fully saturated rings. The van der Waals surface area contributed by atoms with Gasteiger partial charge in [-0.3, -0.25) is 0 Å². The summed E-state index contributed by atoms with van der Waals surface area (Å²) in [6, 6.07) is 4.19. The molecular weight excluding hydrogens is 254 g/mol. The van der Waals surface area contributed by atoms with Crippen LogP contribution in [-0.2, 0) is 17.7 Å². The van der Waals surface area contributed by atoms with E-state index in [1.54, 1.807) is 14.2 Å². The average molecular weight is 279 g/mol. The zero-order chi connectivity index (χ0) is 14.8. The molecule has 112 valence electrons. The van der Waals surface area contributed by atoms with Gasteiger partial charge in [-0.2, -0.15) is 0 Å². The molecule has 1 aromatic rings. The third kappa shape index (κ3) is 3.44. The first-order valence-electron chi connectivity index (χ1n) is 7.05. The van der Waals surface area contributed by atoms with Crippen molar-refractivity contribution in [2.24, 2.45) is 0 Å². The van der Waals surface area contributed by atoms with Crippen LogP contribution in [0.4, 0.5) is 0 Å². The summed E-state index contributed by atoms with van der Waals surface area (Å²) in [5, 5.41) is 3.49. The van der Waals surface area contributed by atoms with E-state index in [1.807, 2.05) is 0 Å². The fourth-order valence-corrected chi connectivity index (χ4v) is 2.56. The normalized spacial score (nSPS) is 17.8. The maximum Gasteiger partial charge on any atom is 0.123 e. The highest BCUT2D eigenvalue weighted by atomic mass is 16.5. The van der Waals surface area contributed by atoms with Gasteiger partial charge in [0.05, 0.1) is 13.7 Å². The van der Waals surface area contributed by atoms with Crippen LogP contribution in [0.5, 0.6) is 11.5 Å². The van der Waals surface area contributed by atoms with Crippen molar-refractivity contribution in [1.82, 2.24) is 5.32 Å². The molecule has 0 aromatic heterocycles. The summed E-state index contributed by atoms with van der Waals surface area (Å²) in [5.74, 6) is 1.90. The van der Waals surface area contributed by atoms with Gasteiger partial charge in [0.15, 0.2) is 0 Å². The average Bonchev–Trinajstić information content (AvgIpc) is 2.74. The molecule has 1 atom stereocenters. The van der Waals surface area contributed by atoms with E-state index in [4.69, 9.17) is 14.2 Å². The van der Waals surface area contributed by atoms with E-state index in [1.165, 1.54) is 5.56 Å². The Balaban J connectivity index is 2.14. The van der Waals surface area contributed by atoms with Crippen molar-refractivity contribution in [2.45, 2.75) is 45.4 Å². The van der Waals surface area contributed by atoms with Gasteiger partial charge in [0.25, 0.3) is 0 Å².